The molecule has 0 aromatic carbocycles. The largest absolute Gasteiger partial charge is 0.481 e. The summed E-state index contributed by atoms with van der Waals surface area (Å²) in [5, 5.41) is 19.3. The van der Waals surface area contributed by atoms with E-state index in [1.54, 1.807) is 0 Å². The second-order valence-corrected chi connectivity index (χ2v) is 8.47. The van der Waals surface area contributed by atoms with Gasteiger partial charge in [0.1, 0.15) is 19.6 Å². The molecule has 4 N–H and O–H groups in total. The molecular weight excluding hydrogens is 548 g/mol. The number of carboxylic acids is 1. The van der Waals surface area contributed by atoms with Crippen LogP contribution in [0, 0.1) is 0 Å². The number of aliphatic carboxylic acids is 1. The van der Waals surface area contributed by atoms with Crippen molar-refractivity contribution in [1.82, 2.24) is 16.0 Å². The van der Waals surface area contributed by atoms with Crippen LogP contribution in [-0.2, 0) is 47.7 Å². The molecule has 17 nitrogen and oxygen atoms in total. The number of ketones is 2. The van der Waals surface area contributed by atoms with Gasteiger partial charge in [-0.3, -0.25) is 28.8 Å². The Balaban J connectivity index is 3.61. The van der Waals surface area contributed by atoms with Gasteiger partial charge in [-0.2, -0.15) is 0 Å². The van der Waals surface area contributed by atoms with E-state index in [0.29, 0.717) is 13.0 Å². The lowest BCUT2D eigenvalue weighted by atomic mass is 10.1. The second kappa shape index (κ2) is 25.3. The molecule has 0 aromatic heterocycles. The number of carbonyl (C=O) groups is 6. The molecule has 0 radical (unpaired) electrons. The Labute approximate surface area is 237 Å². The molecule has 0 aliphatic carbocycles. The van der Waals surface area contributed by atoms with Crippen LogP contribution in [0.4, 0.5) is 0 Å². The zero-order valence-electron chi connectivity index (χ0n) is 23.3. The van der Waals surface area contributed by atoms with Crippen LogP contribution in [0.2, 0.25) is 0 Å². The van der Waals surface area contributed by atoms with Gasteiger partial charge in [-0.25, -0.2) is 0 Å². The maximum Gasteiger partial charge on any atom is 0.312 e. The van der Waals surface area contributed by atoms with Gasteiger partial charge in [0.05, 0.1) is 39.1 Å². The molecule has 41 heavy (non-hydrogen) atoms. The van der Waals surface area contributed by atoms with Crippen LogP contribution in [-0.4, -0.2) is 119 Å². The molecule has 1 unspecified atom stereocenters. The van der Waals surface area contributed by atoms with Crippen molar-refractivity contribution < 1.29 is 52.8 Å². The summed E-state index contributed by atoms with van der Waals surface area (Å²) in [7, 11) is 0. The molecule has 0 saturated carbocycles. The van der Waals surface area contributed by atoms with Crippen molar-refractivity contribution in [2.24, 2.45) is 5.11 Å². The molecule has 0 aliphatic heterocycles. The first kappa shape index (κ1) is 37.4. The molecule has 0 aromatic rings. The van der Waals surface area contributed by atoms with Crippen molar-refractivity contribution >= 4 is 35.3 Å². The third-order valence-electron chi connectivity index (χ3n) is 4.95. The number of amides is 3. The van der Waals surface area contributed by atoms with Crippen molar-refractivity contribution in [3.05, 3.63) is 10.4 Å². The van der Waals surface area contributed by atoms with Gasteiger partial charge in [-0.15, -0.1) is 0 Å². The number of nitrogens with one attached hydrogen (secondary N) is 3. The molecule has 0 spiro atoms. The first-order valence-electron chi connectivity index (χ1n) is 13.0. The van der Waals surface area contributed by atoms with E-state index in [9.17, 15) is 28.8 Å². The highest BCUT2D eigenvalue weighted by atomic mass is 16.5. The summed E-state index contributed by atoms with van der Waals surface area (Å²) in [4.78, 5) is 71.3. The minimum Gasteiger partial charge on any atom is -0.481 e. The molecule has 0 heterocycles. The topological polar surface area (TPSA) is 244 Å². The van der Waals surface area contributed by atoms with Crippen LogP contribution >= 0.6 is 0 Å². The zero-order valence-corrected chi connectivity index (χ0v) is 23.3. The number of Topliss-reactive ketones (excluding diaryl/α,β-unsaturated/α-hetero) is 2. The molecule has 0 aliphatic rings. The summed E-state index contributed by atoms with van der Waals surface area (Å²) >= 11 is 0. The summed E-state index contributed by atoms with van der Waals surface area (Å²) in [5.74, 6) is -3.26. The molecule has 232 valence electrons. The molecule has 0 rings (SSSR count). The first-order valence-corrected chi connectivity index (χ1v) is 13.0. The van der Waals surface area contributed by atoms with Gasteiger partial charge >= 0.3 is 5.97 Å². The first-order chi connectivity index (χ1) is 19.6. The fourth-order valence-corrected chi connectivity index (χ4v) is 2.96. The van der Waals surface area contributed by atoms with E-state index < -0.39 is 24.3 Å². The highest BCUT2D eigenvalue weighted by Crippen LogP contribution is 2.00. The Morgan fingerprint density at radius 2 is 1.44 bits per heavy atom. The average Bonchev–Trinajstić information content (AvgIpc) is 2.91. The van der Waals surface area contributed by atoms with Crippen molar-refractivity contribution in [2.75, 3.05) is 72.5 Å². The third-order valence-corrected chi connectivity index (χ3v) is 4.95. The van der Waals surface area contributed by atoms with Crippen molar-refractivity contribution in [1.29, 1.82) is 0 Å². The minimum absolute atomic E-state index is 0.0391. The molecule has 17 heteroatoms. The van der Waals surface area contributed by atoms with Crippen LogP contribution in [0.25, 0.3) is 10.4 Å². The van der Waals surface area contributed by atoms with Crippen molar-refractivity contribution in [3.63, 3.8) is 0 Å². The number of azide groups is 1. The maximum atomic E-state index is 11.9. The SMILES string of the molecule is CC(=O)C(CCC(=O)NCCOCCOCC(=O)CCCOCCOCC(=O)NCCN=[N+]=[N-])NC(=O)CC(=O)O. The van der Waals surface area contributed by atoms with E-state index in [0.717, 1.165) is 0 Å². The van der Waals surface area contributed by atoms with E-state index in [4.69, 9.17) is 29.6 Å². The zero-order chi connectivity index (χ0) is 30.7. The Bertz CT molecular complexity index is 880. The van der Waals surface area contributed by atoms with Crippen LogP contribution in [0.3, 0.4) is 0 Å². The normalized spacial score (nSPS) is 11.1. The quantitative estimate of drug-likeness (QED) is 0.0306. The van der Waals surface area contributed by atoms with Gasteiger partial charge in [0.15, 0.2) is 11.6 Å². The van der Waals surface area contributed by atoms with Gasteiger partial charge in [-0.05, 0) is 25.3 Å². The minimum atomic E-state index is -1.32. The van der Waals surface area contributed by atoms with Gasteiger partial charge in [0.2, 0.25) is 17.7 Å². The van der Waals surface area contributed by atoms with Crippen molar-refractivity contribution in [3.8, 4) is 0 Å². The lowest BCUT2D eigenvalue weighted by Gasteiger charge is -2.15. The van der Waals surface area contributed by atoms with Crippen LogP contribution < -0.4 is 16.0 Å². The number of rotatable bonds is 27. The number of hydrogen-bond acceptors (Lipinski definition) is 11. The standard InChI is InChI=1S/C24H40N6O11/c1-18(31)20(29-22(34)15-24(36)37)4-5-21(33)27-8-10-39-12-13-40-16-19(32)3-2-9-38-11-14-41-17-23(35)26-6-7-28-30-25/h20H,2-17H2,1H3,(H,26,35)(H,27,33)(H,29,34)(H,36,37). The molecule has 1 atom stereocenters. The molecule has 0 fully saturated rings. The number of carboxylic acid groups (broad SMARTS) is 1. The predicted octanol–water partition coefficient (Wildman–Crippen LogP) is -0.726. The summed E-state index contributed by atoms with van der Waals surface area (Å²) < 4.78 is 21.0. The van der Waals surface area contributed by atoms with Gasteiger partial charge in [0, 0.05) is 44.0 Å². The van der Waals surface area contributed by atoms with E-state index >= 15 is 0 Å². The Morgan fingerprint density at radius 1 is 0.805 bits per heavy atom. The van der Waals surface area contributed by atoms with Crippen LogP contribution in [0.5, 0.6) is 0 Å². The Morgan fingerprint density at radius 3 is 2.10 bits per heavy atom. The van der Waals surface area contributed by atoms with E-state index in [1.807, 2.05) is 0 Å². The molecule has 0 bridgehead atoms. The Kier molecular flexibility index (Phi) is 23.1. The third kappa shape index (κ3) is 25.1. The van der Waals surface area contributed by atoms with Gasteiger partial charge < -0.3 is 40.0 Å². The van der Waals surface area contributed by atoms with Gasteiger partial charge in [-0.1, -0.05) is 5.11 Å². The highest BCUT2D eigenvalue weighted by Gasteiger charge is 2.19. The summed E-state index contributed by atoms with van der Waals surface area (Å²) in [6.45, 7) is 3.17. The lowest BCUT2D eigenvalue weighted by Crippen LogP contribution is -2.41. The van der Waals surface area contributed by atoms with E-state index in [-0.39, 0.29) is 109 Å². The highest BCUT2D eigenvalue weighted by molar-refractivity contribution is 5.96. The summed E-state index contributed by atoms with van der Waals surface area (Å²) in [6.07, 6.45) is 0.0446. The second-order valence-electron chi connectivity index (χ2n) is 8.47. The van der Waals surface area contributed by atoms with E-state index in [1.165, 1.54) is 6.92 Å². The monoisotopic (exact) mass is 588 g/mol. The van der Waals surface area contributed by atoms with Crippen molar-refractivity contribution in [2.45, 2.75) is 45.1 Å². The number of hydrogen-bond donors (Lipinski definition) is 4. The molecule has 0 saturated heterocycles. The predicted molar refractivity (Wildman–Crippen MR) is 142 cm³/mol. The van der Waals surface area contributed by atoms with Crippen LogP contribution in [0.15, 0.2) is 5.11 Å². The number of carbonyl (C=O) groups excluding carboxylic acids is 5. The lowest BCUT2D eigenvalue weighted by molar-refractivity contribution is -0.141. The molecule has 3 amide bonds. The van der Waals surface area contributed by atoms with Crippen LogP contribution in [0.1, 0.15) is 39.0 Å². The maximum absolute atomic E-state index is 11.9. The fourth-order valence-electron chi connectivity index (χ4n) is 2.96. The summed E-state index contributed by atoms with van der Waals surface area (Å²) in [6, 6.07) is -0.939. The van der Waals surface area contributed by atoms with Gasteiger partial charge in [0.25, 0.3) is 0 Å². The number of nitrogens with zero attached hydrogens (tertiary/aromatic N) is 3. The smallest absolute Gasteiger partial charge is 0.312 e. The fraction of sp³-hybridized carbons (Fsp3) is 0.750. The van der Waals surface area contributed by atoms with E-state index in [2.05, 4.69) is 26.0 Å². The average molecular weight is 589 g/mol. The number of ether oxygens (including phenoxy) is 4. The Hall–Kier alpha value is -3.63. The molecular formula is C24H40N6O11. The summed E-state index contributed by atoms with van der Waals surface area (Å²) in [5.41, 5.74) is 8.12.